The topological polar surface area (TPSA) is 51.2 Å². The fourth-order valence-corrected chi connectivity index (χ4v) is 2.35. The molecule has 15 heavy (non-hydrogen) atoms. The van der Waals surface area contributed by atoms with E-state index < -0.39 is 5.60 Å². The number of hydrogen-bond donors (Lipinski definition) is 2. The van der Waals surface area contributed by atoms with E-state index >= 15 is 0 Å². The number of nitrogens with zero attached hydrogens (tertiary/aromatic N) is 1. The molecule has 3 N–H and O–H groups in total. The summed E-state index contributed by atoms with van der Waals surface area (Å²) < 4.78 is 2.16. The van der Waals surface area contributed by atoms with Gasteiger partial charge in [-0.3, -0.25) is 0 Å². The van der Waals surface area contributed by atoms with Crippen LogP contribution in [0.3, 0.4) is 0 Å². The molecule has 0 saturated heterocycles. The summed E-state index contributed by atoms with van der Waals surface area (Å²) >= 11 is 0. The first-order valence-corrected chi connectivity index (χ1v) is 5.70. The number of aryl methyl sites for hydroxylation is 1. The van der Waals surface area contributed by atoms with Crippen LogP contribution >= 0.6 is 0 Å². The number of nitrogens with two attached hydrogens (primary N) is 1. The fourth-order valence-electron chi connectivity index (χ4n) is 2.35. The van der Waals surface area contributed by atoms with Gasteiger partial charge in [0.1, 0.15) is 5.60 Å². The Morgan fingerprint density at radius 2 is 2.27 bits per heavy atom. The summed E-state index contributed by atoms with van der Waals surface area (Å²) in [7, 11) is 0. The average molecular weight is 208 g/mol. The Morgan fingerprint density at radius 3 is 2.87 bits per heavy atom. The van der Waals surface area contributed by atoms with Crippen molar-refractivity contribution in [3.8, 4) is 0 Å². The maximum absolute atomic E-state index is 10.4. The Labute approximate surface area is 90.9 Å². The van der Waals surface area contributed by atoms with Crippen LogP contribution in [0.25, 0.3) is 0 Å². The van der Waals surface area contributed by atoms with Gasteiger partial charge in [-0.2, -0.15) is 0 Å². The highest BCUT2D eigenvalue weighted by molar-refractivity contribution is 5.33. The molecule has 0 aromatic carbocycles. The standard InChI is InChI=1S/C12H20N2O/c1-9(2)14-6-10-4-3-5-12(15,8-13)11(10)7-14/h6-7,9,15H,3-5,8,13H2,1-2H3. The van der Waals surface area contributed by atoms with Crippen LogP contribution in [0.15, 0.2) is 12.4 Å². The third kappa shape index (κ3) is 1.70. The molecule has 0 amide bonds. The Bertz CT molecular complexity index is 357. The van der Waals surface area contributed by atoms with E-state index in [1.54, 1.807) is 0 Å². The van der Waals surface area contributed by atoms with E-state index in [4.69, 9.17) is 5.73 Å². The van der Waals surface area contributed by atoms with Crippen LogP contribution in [0.5, 0.6) is 0 Å². The minimum atomic E-state index is -0.784. The second kappa shape index (κ2) is 3.65. The van der Waals surface area contributed by atoms with Crippen molar-refractivity contribution < 1.29 is 5.11 Å². The summed E-state index contributed by atoms with van der Waals surface area (Å²) in [4.78, 5) is 0. The molecule has 0 fully saturated rings. The molecule has 1 aliphatic carbocycles. The SMILES string of the molecule is CC(C)n1cc2c(c1)C(O)(CN)CCC2. The lowest BCUT2D eigenvalue weighted by Crippen LogP contribution is -2.37. The van der Waals surface area contributed by atoms with Gasteiger partial charge in [-0.15, -0.1) is 0 Å². The maximum Gasteiger partial charge on any atom is 0.104 e. The molecule has 1 unspecified atom stereocenters. The molecule has 1 aliphatic rings. The van der Waals surface area contributed by atoms with Crippen molar-refractivity contribution in [3.05, 3.63) is 23.5 Å². The number of aromatic nitrogens is 1. The summed E-state index contributed by atoms with van der Waals surface area (Å²) in [5.41, 5.74) is 7.21. The third-order valence-electron chi connectivity index (χ3n) is 3.40. The van der Waals surface area contributed by atoms with Crippen LogP contribution in [-0.4, -0.2) is 16.2 Å². The molecule has 2 rings (SSSR count). The molecular weight excluding hydrogens is 188 g/mol. The summed E-state index contributed by atoms with van der Waals surface area (Å²) in [5.74, 6) is 0. The second-order valence-electron chi connectivity index (χ2n) is 4.83. The van der Waals surface area contributed by atoms with Gasteiger partial charge in [0.15, 0.2) is 0 Å². The summed E-state index contributed by atoms with van der Waals surface area (Å²) in [6.45, 7) is 4.61. The predicted octanol–water partition coefficient (Wildman–Crippen LogP) is 1.55. The van der Waals surface area contributed by atoms with E-state index in [0.717, 1.165) is 24.8 Å². The number of fused-ring (bicyclic) bond motifs is 1. The van der Waals surface area contributed by atoms with Gasteiger partial charge in [0.2, 0.25) is 0 Å². The van der Waals surface area contributed by atoms with E-state index in [1.807, 2.05) is 0 Å². The van der Waals surface area contributed by atoms with E-state index in [1.165, 1.54) is 5.56 Å². The van der Waals surface area contributed by atoms with Crippen LogP contribution in [0.4, 0.5) is 0 Å². The molecule has 0 saturated carbocycles. The van der Waals surface area contributed by atoms with E-state index in [9.17, 15) is 5.11 Å². The van der Waals surface area contributed by atoms with Crippen LogP contribution in [0.1, 0.15) is 43.9 Å². The first-order valence-electron chi connectivity index (χ1n) is 5.70. The molecular formula is C12H20N2O. The Balaban J connectivity index is 2.43. The molecule has 0 radical (unpaired) electrons. The van der Waals surface area contributed by atoms with Gasteiger partial charge >= 0.3 is 0 Å². The average Bonchev–Trinajstić information content (AvgIpc) is 2.63. The lowest BCUT2D eigenvalue weighted by atomic mass is 9.82. The van der Waals surface area contributed by atoms with E-state index in [0.29, 0.717) is 12.6 Å². The lowest BCUT2D eigenvalue weighted by Gasteiger charge is -2.31. The first kappa shape index (κ1) is 10.7. The minimum Gasteiger partial charge on any atom is -0.384 e. The largest absolute Gasteiger partial charge is 0.384 e. The number of hydrogen-bond acceptors (Lipinski definition) is 2. The van der Waals surface area contributed by atoms with Crippen molar-refractivity contribution in [1.82, 2.24) is 4.57 Å². The molecule has 0 aliphatic heterocycles. The molecule has 1 heterocycles. The van der Waals surface area contributed by atoms with Crippen molar-refractivity contribution in [2.75, 3.05) is 6.54 Å². The van der Waals surface area contributed by atoms with Gasteiger partial charge in [-0.05, 0) is 38.7 Å². The minimum absolute atomic E-state index is 0.322. The maximum atomic E-state index is 10.4. The zero-order chi connectivity index (χ0) is 11.1. The van der Waals surface area contributed by atoms with Crippen molar-refractivity contribution in [3.63, 3.8) is 0 Å². The molecule has 84 valence electrons. The van der Waals surface area contributed by atoms with Gasteiger partial charge in [0, 0.05) is 30.5 Å². The zero-order valence-corrected chi connectivity index (χ0v) is 9.53. The van der Waals surface area contributed by atoms with Crippen molar-refractivity contribution >= 4 is 0 Å². The van der Waals surface area contributed by atoms with Crippen LogP contribution in [-0.2, 0) is 12.0 Å². The molecule has 1 atom stereocenters. The molecule has 3 nitrogen and oxygen atoms in total. The van der Waals surface area contributed by atoms with Crippen LogP contribution < -0.4 is 5.73 Å². The smallest absolute Gasteiger partial charge is 0.104 e. The Kier molecular flexibility index (Phi) is 2.61. The molecule has 3 heteroatoms. The summed E-state index contributed by atoms with van der Waals surface area (Å²) in [6, 6.07) is 0.442. The van der Waals surface area contributed by atoms with Crippen molar-refractivity contribution in [1.29, 1.82) is 0 Å². The van der Waals surface area contributed by atoms with Gasteiger partial charge in [-0.25, -0.2) is 0 Å². The molecule has 0 spiro atoms. The Morgan fingerprint density at radius 1 is 1.53 bits per heavy atom. The molecule has 1 aromatic heterocycles. The third-order valence-corrected chi connectivity index (χ3v) is 3.40. The first-order chi connectivity index (χ1) is 7.07. The highest BCUT2D eigenvalue weighted by atomic mass is 16.3. The highest BCUT2D eigenvalue weighted by Gasteiger charge is 2.34. The summed E-state index contributed by atoms with van der Waals surface area (Å²) in [6.07, 6.45) is 7.10. The Hall–Kier alpha value is -0.800. The zero-order valence-electron chi connectivity index (χ0n) is 9.53. The van der Waals surface area contributed by atoms with Crippen LogP contribution in [0.2, 0.25) is 0 Å². The second-order valence-corrected chi connectivity index (χ2v) is 4.83. The van der Waals surface area contributed by atoms with Gasteiger partial charge in [-0.1, -0.05) is 0 Å². The molecule has 0 bridgehead atoms. The van der Waals surface area contributed by atoms with Crippen molar-refractivity contribution in [2.45, 2.75) is 44.8 Å². The van der Waals surface area contributed by atoms with Gasteiger partial charge in [0.05, 0.1) is 0 Å². The number of rotatable bonds is 2. The van der Waals surface area contributed by atoms with E-state index in [2.05, 4.69) is 30.8 Å². The normalized spacial score (nSPS) is 25.7. The fraction of sp³-hybridized carbons (Fsp3) is 0.667. The monoisotopic (exact) mass is 208 g/mol. The number of aliphatic hydroxyl groups is 1. The predicted molar refractivity (Wildman–Crippen MR) is 60.7 cm³/mol. The van der Waals surface area contributed by atoms with Gasteiger partial charge < -0.3 is 15.4 Å². The van der Waals surface area contributed by atoms with Crippen LogP contribution in [0, 0.1) is 0 Å². The summed E-state index contributed by atoms with van der Waals surface area (Å²) in [5, 5.41) is 10.4. The van der Waals surface area contributed by atoms with Gasteiger partial charge in [0.25, 0.3) is 0 Å². The van der Waals surface area contributed by atoms with Crippen molar-refractivity contribution in [2.24, 2.45) is 5.73 Å². The lowest BCUT2D eigenvalue weighted by molar-refractivity contribution is 0.0282. The van der Waals surface area contributed by atoms with E-state index in [-0.39, 0.29) is 0 Å². The highest BCUT2D eigenvalue weighted by Crippen LogP contribution is 2.35. The quantitative estimate of drug-likeness (QED) is 0.774. The molecule has 1 aromatic rings.